The molecule has 0 saturated heterocycles. The zero-order valence-electron chi connectivity index (χ0n) is 33.3. The van der Waals surface area contributed by atoms with Gasteiger partial charge in [0, 0.05) is 10.8 Å². The lowest BCUT2D eigenvalue weighted by molar-refractivity contribution is 0.661. The van der Waals surface area contributed by atoms with E-state index >= 15 is 0 Å². The number of hydrogen-bond acceptors (Lipinski definition) is 0. The zero-order chi connectivity index (χ0) is 38.9. The van der Waals surface area contributed by atoms with Crippen molar-refractivity contribution in [3.8, 4) is 55.6 Å². The molecule has 0 saturated carbocycles. The lowest BCUT2D eigenvalue weighted by Gasteiger charge is -2.24. The lowest BCUT2D eigenvalue weighted by atomic mass is 9.78. The van der Waals surface area contributed by atoms with E-state index < -0.39 is 0 Å². The Morgan fingerprint density at radius 3 is 1.36 bits per heavy atom. The summed E-state index contributed by atoms with van der Waals surface area (Å²) in [6.07, 6.45) is 0. The summed E-state index contributed by atoms with van der Waals surface area (Å²) < 4.78 is 0. The van der Waals surface area contributed by atoms with Crippen LogP contribution in [0, 0.1) is 0 Å². The standard InChI is InChI=1S/C58H42/c1-57(2)51-33-37(36-27-31-47-49(32-36)39-18-8-9-19-42(39)55-48-24-14-15-25-50(48)58(3,4)56(47)55)26-29-40(51)41-30-28-38(34-52(41)57)54-45-22-12-10-20-43(45)53(35-16-6-5-7-17-35)44-21-11-13-23-46(44)54/h5-34H,1-4H3. The number of benzene rings is 10. The second kappa shape index (κ2) is 11.9. The van der Waals surface area contributed by atoms with E-state index in [-0.39, 0.29) is 10.8 Å². The summed E-state index contributed by atoms with van der Waals surface area (Å²) in [5, 5.41) is 10.5. The fourth-order valence-corrected chi connectivity index (χ4v) is 11.1. The average Bonchev–Trinajstić information content (AvgIpc) is 3.65. The summed E-state index contributed by atoms with van der Waals surface area (Å²) in [5.41, 5.74) is 18.5. The Balaban J connectivity index is 1.00. The number of fused-ring (bicyclic) bond motifs is 13. The van der Waals surface area contributed by atoms with E-state index in [4.69, 9.17) is 0 Å². The van der Waals surface area contributed by atoms with Crippen LogP contribution in [-0.4, -0.2) is 0 Å². The molecule has 12 rings (SSSR count). The highest BCUT2D eigenvalue weighted by Crippen LogP contribution is 2.56. The molecular weight excluding hydrogens is 697 g/mol. The molecule has 10 aromatic rings. The highest BCUT2D eigenvalue weighted by molar-refractivity contribution is 6.22. The maximum atomic E-state index is 2.49. The first-order valence-corrected chi connectivity index (χ1v) is 20.7. The van der Waals surface area contributed by atoms with Gasteiger partial charge in [0.25, 0.3) is 0 Å². The Labute approximate surface area is 340 Å². The predicted molar refractivity (Wildman–Crippen MR) is 248 cm³/mol. The van der Waals surface area contributed by atoms with Gasteiger partial charge in [-0.15, -0.1) is 0 Å². The van der Waals surface area contributed by atoms with Crippen molar-refractivity contribution in [2.24, 2.45) is 0 Å². The molecule has 0 unspecified atom stereocenters. The van der Waals surface area contributed by atoms with Gasteiger partial charge in [-0.1, -0.05) is 191 Å². The molecule has 0 nitrogen and oxygen atoms in total. The summed E-state index contributed by atoms with van der Waals surface area (Å²) in [6, 6.07) is 68.5. The van der Waals surface area contributed by atoms with Gasteiger partial charge in [-0.25, -0.2) is 0 Å². The third kappa shape index (κ3) is 4.46. The molecule has 0 amide bonds. The molecule has 0 heteroatoms. The van der Waals surface area contributed by atoms with Crippen LogP contribution >= 0.6 is 0 Å². The molecule has 0 bridgehead atoms. The highest BCUT2D eigenvalue weighted by Gasteiger charge is 2.39. The van der Waals surface area contributed by atoms with Crippen molar-refractivity contribution in [1.29, 1.82) is 0 Å². The van der Waals surface area contributed by atoms with E-state index in [9.17, 15) is 0 Å². The van der Waals surface area contributed by atoms with Gasteiger partial charge in [0.1, 0.15) is 0 Å². The summed E-state index contributed by atoms with van der Waals surface area (Å²) in [5.74, 6) is 0. The summed E-state index contributed by atoms with van der Waals surface area (Å²) in [7, 11) is 0. The molecule has 2 aliphatic carbocycles. The molecule has 0 fully saturated rings. The smallest absolute Gasteiger partial charge is 0.0165 e. The topological polar surface area (TPSA) is 0 Å². The molecule has 10 aromatic carbocycles. The third-order valence-corrected chi connectivity index (χ3v) is 13.8. The van der Waals surface area contributed by atoms with E-state index in [1.807, 2.05) is 0 Å². The Morgan fingerprint density at radius 1 is 0.259 bits per heavy atom. The van der Waals surface area contributed by atoms with Crippen molar-refractivity contribution in [3.63, 3.8) is 0 Å². The molecule has 0 spiro atoms. The van der Waals surface area contributed by atoms with Crippen molar-refractivity contribution >= 4 is 43.1 Å². The minimum Gasteiger partial charge on any atom is -0.0622 e. The van der Waals surface area contributed by atoms with Gasteiger partial charge in [0.15, 0.2) is 0 Å². The normalized spacial score (nSPS) is 14.5. The van der Waals surface area contributed by atoms with E-state index in [2.05, 4.69) is 210 Å². The van der Waals surface area contributed by atoms with Crippen LogP contribution in [0.2, 0.25) is 0 Å². The minimum atomic E-state index is -0.174. The molecule has 0 aliphatic heterocycles. The van der Waals surface area contributed by atoms with Gasteiger partial charge >= 0.3 is 0 Å². The molecular formula is C58H42. The maximum Gasteiger partial charge on any atom is 0.0165 e. The van der Waals surface area contributed by atoms with E-state index in [1.165, 1.54) is 121 Å². The monoisotopic (exact) mass is 738 g/mol. The number of rotatable bonds is 3. The molecule has 274 valence electrons. The molecule has 0 atom stereocenters. The van der Waals surface area contributed by atoms with Crippen LogP contribution in [-0.2, 0) is 10.8 Å². The van der Waals surface area contributed by atoms with Crippen LogP contribution in [0.4, 0.5) is 0 Å². The molecule has 0 radical (unpaired) electrons. The van der Waals surface area contributed by atoms with Gasteiger partial charge in [-0.2, -0.15) is 0 Å². The van der Waals surface area contributed by atoms with E-state index in [1.54, 1.807) is 0 Å². The summed E-state index contributed by atoms with van der Waals surface area (Å²) >= 11 is 0. The zero-order valence-corrected chi connectivity index (χ0v) is 33.3. The van der Waals surface area contributed by atoms with Crippen molar-refractivity contribution in [2.75, 3.05) is 0 Å². The molecule has 0 aromatic heterocycles. The van der Waals surface area contributed by atoms with Gasteiger partial charge in [0.2, 0.25) is 0 Å². The predicted octanol–water partition coefficient (Wildman–Crippen LogP) is 15.9. The van der Waals surface area contributed by atoms with Crippen LogP contribution in [0.15, 0.2) is 182 Å². The van der Waals surface area contributed by atoms with Crippen molar-refractivity contribution in [2.45, 2.75) is 38.5 Å². The maximum absolute atomic E-state index is 2.49. The largest absolute Gasteiger partial charge is 0.0622 e. The van der Waals surface area contributed by atoms with Gasteiger partial charge in [0.05, 0.1) is 0 Å². The third-order valence-electron chi connectivity index (χ3n) is 13.8. The Morgan fingerprint density at radius 2 is 0.724 bits per heavy atom. The lowest BCUT2D eigenvalue weighted by Crippen LogP contribution is -2.15. The first kappa shape index (κ1) is 33.4. The molecule has 0 N–H and O–H groups in total. The summed E-state index contributed by atoms with van der Waals surface area (Å²) in [4.78, 5) is 0. The second-order valence-electron chi connectivity index (χ2n) is 17.6. The van der Waals surface area contributed by atoms with E-state index in [0.29, 0.717) is 0 Å². The van der Waals surface area contributed by atoms with Crippen molar-refractivity contribution < 1.29 is 0 Å². The first-order chi connectivity index (χ1) is 28.3. The van der Waals surface area contributed by atoms with Crippen molar-refractivity contribution in [3.05, 3.63) is 204 Å². The number of hydrogen-bond donors (Lipinski definition) is 0. The Hall–Kier alpha value is -6.76. The minimum absolute atomic E-state index is 0.0829. The van der Waals surface area contributed by atoms with E-state index in [0.717, 1.165) is 0 Å². The molecule has 0 heterocycles. The Kier molecular flexibility index (Phi) is 6.84. The van der Waals surface area contributed by atoms with Crippen LogP contribution < -0.4 is 0 Å². The molecule has 2 aliphatic rings. The van der Waals surface area contributed by atoms with Gasteiger partial charge < -0.3 is 0 Å². The average molecular weight is 739 g/mol. The quantitative estimate of drug-likeness (QED) is 0.125. The SMILES string of the molecule is CC1(C)c2cc(-c3ccc4c5c(c6ccccc6c4c3)-c3ccccc3C5(C)C)ccc2-c2ccc(-c3c4ccccc4c(-c4ccccc4)c4ccccc34)cc21. The highest BCUT2D eigenvalue weighted by atomic mass is 14.4. The van der Waals surface area contributed by atoms with Crippen LogP contribution in [0.1, 0.15) is 49.9 Å². The van der Waals surface area contributed by atoms with Gasteiger partial charge in [-0.05, 0) is 139 Å². The second-order valence-corrected chi connectivity index (χ2v) is 17.6. The van der Waals surface area contributed by atoms with Crippen LogP contribution in [0.3, 0.4) is 0 Å². The fraction of sp³-hybridized carbons (Fsp3) is 0.103. The van der Waals surface area contributed by atoms with Gasteiger partial charge in [-0.3, -0.25) is 0 Å². The van der Waals surface area contributed by atoms with Crippen LogP contribution in [0.5, 0.6) is 0 Å². The van der Waals surface area contributed by atoms with Crippen LogP contribution in [0.25, 0.3) is 98.7 Å². The first-order valence-electron chi connectivity index (χ1n) is 20.7. The van der Waals surface area contributed by atoms with Crippen molar-refractivity contribution in [1.82, 2.24) is 0 Å². The summed E-state index contributed by atoms with van der Waals surface area (Å²) in [6.45, 7) is 9.63. The fourth-order valence-electron chi connectivity index (χ4n) is 11.1. The Bertz CT molecular complexity index is 3320. The molecule has 58 heavy (non-hydrogen) atoms.